The molecule has 0 aliphatic rings. The Kier molecular flexibility index (Phi) is 7.56. The van der Waals surface area contributed by atoms with Crippen molar-refractivity contribution in [3.63, 3.8) is 0 Å². The maximum atomic E-state index is 13.2. The van der Waals surface area contributed by atoms with E-state index in [9.17, 15) is 9.18 Å². The average molecular weight is 515 g/mol. The smallest absolute Gasteiger partial charge is 0.251 e. The molecule has 5 nitrogen and oxygen atoms in total. The topological polar surface area (TPSA) is 59.8 Å². The summed E-state index contributed by atoms with van der Waals surface area (Å²) >= 11 is 14.2. The molecular formula is C25H21Cl2FN4OS. The van der Waals surface area contributed by atoms with Crippen molar-refractivity contribution in [3.8, 4) is 5.69 Å². The Labute approximate surface area is 211 Å². The minimum atomic E-state index is -0.510. The minimum Gasteiger partial charge on any atom is -0.342 e. The molecule has 3 aromatic carbocycles. The number of thioether (sulfide) groups is 1. The molecule has 0 bridgehead atoms. The summed E-state index contributed by atoms with van der Waals surface area (Å²) in [4.78, 5) is 12.7. The third-order valence-electron chi connectivity index (χ3n) is 5.27. The van der Waals surface area contributed by atoms with E-state index in [2.05, 4.69) is 34.6 Å². The number of aromatic nitrogens is 3. The summed E-state index contributed by atoms with van der Waals surface area (Å²) in [6, 6.07) is 18.2. The van der Waals surface area contributed by atoms with Crippen molar-refractivity contribution in [2.24, 2.45) is 0 Å². The Morgan fingerprint density at radius 2 is 1.82 bits per heavy atom. The van der Waals surface area contributed by atoms with Gasteiger partial charge in [0.15, 0.2) is 11.0 Å². The summed E-state index contributed by atoms with van der Waals surface area (Å²) in [5, 5.41) is 13.3. The fraction of sp³-hybridized carbons (Fsp3) is 0.160. The molecule has 0 aliphatic heterocycles. The number of nitrogens with one attached hydrogen (secondary N) is 1. The first-order valence-corrected chi connectivity index (χ1v) is 12.2. The summed E-state index contributed by atoms with van der Waals surface area (Å²) in [5.74, 6) is 0.439. The molecule has 1 amide bonds. The Morgan fingerprint density at radius 3 is 2.53 bits per heavy atom. The molecule has 1 atom stereocenters. The van der Waals surface area contributed by atoms with E-state index in [-0.39, 0.29) is 5.91 Å². The fourth-order valence-electron chi connectivity index (χ4n) is 3.40. The van der Waals surface area contributed by atoms with Crippen molar-refractivity contribution in [1.29, 1.82) is 0 Å². The highest BCUT2D eigenvalue weighted by molar-refractivity contribution is 7.98. The van der Waals surface area contributed by atoms with Gasteiger partial charge in [0, 0.05) is 16.3 Å². The highest BCUT2D eigenvalue weighted by Gasteiger charge is 2.23. The molecule has 0 saturated carbocycles. The Balaban J connectivity index is 1.66. The zero-order chi connectivity index (χ0) is 24.2. The van der Waals surface area contributed by atoms with Crippen LogP contribution in [0.2, 0.25) is 10.0 Å². The van der Waals surface area contributed by atoms with Crippen LogP contribution in [-0.4, -0.2) is 20.7 Å². The lowest BCUT2D eigenvalue weighted by atomic mass is 10.1. The molecule has 4 rings (SSSR count). The van der Waals surface area contributed by atoms with Crippen molar-refractivity contribution >= 4 is 40.9 Å². The van der Waals surface area contributed by atoms with Gasteiger partial charge in [-0.1, -0.05) is 59.2 Å². The molecule has 1 unspecified atom stereocenters. The summed E-state index contributed by atoms with van der Waals surface area (Å²) in [6.07, 6.45) is 0. The quantitative estimate of drug-likeness (QED) is 0.275. The maximum absolute atomic E-state index is 13.2. The van der Waals surface area contributed by atoms with Crippen LogP contribution in [0, 0.1) is 12.7 Å². The van der Waals surface area contributed by atoms with E-state index in [0.29, 0.717) is 38.0 Å². The predicted octanol–water partition coefficient (Wildman–Crippen LogP) is 6.80. The van der Waals surface area contributed by atoms with E-state index >= 15 is 0 Å². The Hall–Kier alpha value is -2.87. The third kappa shape index (κ3) is 5.43. The number of hydrogen-bond donors (Lipinski definition) is 1. The van der Waals surface area contributed by atoms with Crippen LogP contribution in [0.5, 0.6) is 0 Å². The van der Waals surface area contributed by atoms with Gasteiger partial charge in [-0.15, -0.1) is 10.2 Å². The van der Waals surface area contributed by atoms with Crippen LogP contribution in [0.3, 0.4) is 0 Å². The monoisotopic (exact) mass is 514 g/mol. The molecule has 1 aromatic heterocycles. The number of carbonyl (C=O) groups excluding carboxylic acids is 1. The van der Waals surface area contributed by atoms with Crippen LogP contribution in [0.15, 0.2) is 71.9 Å². The standard InChI is InChI=1S/C25H21Cl2FN4OS/c1-15-5-3-4-6-18(15)14-34-25-31-30-23(32(25)22-12-9-19(26)13-21(22)27)16(2)29-24(33)17-7-10-20(28)11-8-17/h3-13,16H,14H2,1-2H3,(H,29,33). The molecule has 34 heavy (non-hydrogen) atoms. The number of amides is 1. The molecule has 4 aromatic rings. The first-order chi connectivity index (χ1) is 16.3. The van der Waals surface area contributed by atoms with Gasteiger partial charge in [0.05, 0.1) is 16.8 Å². The molecule has 0 radical (unpaired) electrons. The number of carbonyl (C=O) groups is 1. The molecule has 0 spiro atoms. The zero-order valence-electron chi connectivity index (χ0n) is 18.4. The largest absolute Gasteiger partial charge is 0.342 e. The van der Waals surface area contributed by atoms with E-state index in [1.54, 1.807) is 18.2 Å². The van der Waals surface area contributed by atoms with Gasteiger partial charge in [0.2, 0.25) is 0 Å². The van der Waals surface area contributed by atoms with Crippen molar-refractivity contribution in [1.82, 2.24) is 20.1 Å². The highest BCUT2D eigenvalue weighted by Crippen LogP contribution is 2.32. The van der Waals surface area contributed by atoms with E-state index in [1.807, 2.05) is 23.6 Å². The molecular weight excluding hydrogens is 494 g/mol. The van der Waals surface area contributed by atoms with E-state index in [0.717, 1.165) is 0 Å². The summed E-state index contributed by atoms with van der Waals surface area (Å²) in [7, 11) is 0. The van der Waals surface area contributed by atoms with Gasteiger partial charge in [-0.2, -0.15) is 0 Å². The first kappa shape index (κ1) is 24.3. The number of rotatable bonds is 7. The van der Waals surface area contributed by atoms with Gasteiger partial charge in [-0.25, -0.2) is 4.39 Å². The maximum Gasteiger partial charge on any atom is 0.251 e. The van der Waals surface area contributed by atoms with Gasteiger partial charge in [0.1, 0.15) is 5.82 Å². The minimum absolute atomic E-state index is 0.345. The van der Waals surface area contributed by atoms with Crippen LogP contribution in [0.4, 0.5) is 4.39 Å². The lowest BCUT2D eigenvalue weighted by Gasteiger charge is -2.17. The third-order valence-corrected chi connectivity index (χ3v) is 6.78. The van der Waals surface area contributed by atoms with Crippen LogP contribution in [0.25, 0.3) is 5.69 Å². The number of nitrogens with zero attached hydrogens (tertiary/aromatic N) is 3. The normalized spacial score (nSPS) is 11.9. The first-order valence-electron chi connectivity index (χ1n) is 10.5. The lowest BCUT2D eigenvalue weighted by Crippen LogP contribution is -2.28. The van der Waals surface area contributed by atoms with Crippen LogP contribution in [0.1, 0.15) is 40.3 Å². The summed E-state index contributed by atoms with van der Waals surface area (Å²) < 4.78 is 15.1. The second-order valence-electron chi connectivity index (χ2n) is 7.69. The molecule has 174 valence electrons. The summed E-state index contributed by atoms with van der Waals surface area (Å²) in [5.41, 5.74) is 3.37. The van der Waals surface area contributed by atoms with Crippen molar-refractivity contribution in [2.45, 2.75) is 30.8 Å². The molecule has 0 saturated heterocycles. The molecule has 0 aliphatic carbocycles. The Morgan fingerprint density at radius 1 is 1.09 bits per heavy atom. The molecule has 1 N–H and O–H groups in total. The fourth-order valence-corrected chi connectivity index (χ4v) is 4.93. The van der Waals surface area contributed by atoms with E-state index in [4.69, 9.17) is 23.2 Å². The second kappa shape index (κ2) is 10.6. The lowest BCUT2D eigenvalue weighted by molar-refractivity contribution is 0.0938. The SMILES string of the molecule is Cc1ccccc1CSc1nnc(C(C)NC(=O)c2ccc(F)cc2)n1-c1ccc(Cl)cc1Cl. The van der Waals surface area contributed by atoms with Crippen LogP contribution >= 0.6 is 35.0 Å². The number of aryl methyl sites for hydroxylation is 1. The van der Waals surface area contributed by atoms with Crippen LogP contribution < -0.4 is 5.32 Å². The molecule has 1 heterocycles. The highest BCUT2D eigenvalue weighted by atomic mass is 35.5. The van der Waals surface area contributed by atoms with Crippen molar-refractivity contribution in [3.05, 3.63) is 105 Å². The number of hydrogen-bond acceptors (Lipinski definition) is 4. The second-order valence-corrected chi connectivity index (χ2v) is 9.48. The number of halogens is 3. The average Bonchev–Trinajstić information content (AvgIpc) is 3.22. The number of benzene rings is 3. The predicted molar refractivity (Wildman–Crippen MR) is 134 cm³/mol. The van der Waals surface area contributed by atoms with Gasteiger partial charge in [-0.3, -0.25) is 9.36 Å². The van der Waals surface area contributed by atoms with Gasteiger partial charge in [0.25, 0.3) is 5.91 Å². The molecule has 0 fully saturated rings. The Bertz CT molecular complexity index is 1330. The van der Waals surface area contributed by atoms with Gasteiger partial charge in [-0.05, 0) is 67.4 Å². The van der Waals surface area contributed by atoms with Crippen LogP contribution in [-0.2, 0) is 5.75 Å². The van der Waals surface area contributed by atoms with Gasteiger partial charge >= 0.3 is 0 Å². The molecule has 9 heteroatoms. The van der Waals surface area contributed by atoms with Crippen molar-refractivity contribution < 1.29 is 9.18 Å². The van der Waals surface area contributed by atoms with Crippen molar-refractivity contribution in [2.75, 3.05) is 0 Å². The van der Waals surface area contributed by atoms with E-state index < -0.39 is 11.9 Å². The zero-order valence-corrected chi connectivity index (χ0v) is 20.8. The van der Waals surface area contributed by atoms with Gasteiger partial charge < -0.3 is 5.32 Å². The van der Waals surface area contributed by atoms with E-state index in [1.165, 1.54) is 47.2 Å². The summed E-state index contributed by atoms with van der Waals surface area (Å²) in [6.45, 7) is 3.87.